The minimum atomic E-state index is -4.73. The molecule has 0 radical (unpaired) electrons. The number of alkyl halides is 3. The summed E-state index contributed by atoms with van der Waals surface area (Å²) >= 11 is 0. The van der Waals surface area contributed by atoms with Crippen molar-refractivity contribution in [1.82, 2.24) is 19.9 Å². The third kappa shape index (κ3) is 5.25. The van der Waals surface area contributed by atoms with Gasteiger partial charge >= 0.3 is 12.1 Å². The molecule has 3 heterocycles. The fourth-order valence-electron chi connectivity index (χ4n) is 4.72. The van der Waals surface area contributed by atoms with Crippen molar-refractivity contribution in [3.8, 4) is 11.3 Å². The second-order valence-corrected chi connectivity index (χ2v) is 12.4. The number of nitrogens with two attached hydrogens (primary N) is 1. The highest BCUT2D eigenvalue weighted by atomic mass is 31.2. The largest absolute Gasteiger partial charge is 0.478 e. The summed E-state index contributed by atoms with van der Waals surface area (Å²) in [5, 5.41) is 13.1. The van der Waals surface area contributed by atoms with Crippen LogP contribution < -0.4 is 16.4 Å². The quantitative estimate of drug-likeness (QED) is 0.345. The van der Waals surface area contributed by atoms with E-state index in [1.807, 2.05) is 0 Å². The number of H-pyrrole nitrogens is 1. The number of aromatic nitrogens is 3. The first-order valence-corrected chi connectivity index (χ1v) is 14.1. The Balaban J connectivity index is 1.81. The minimum Gasteiger partial charge on any atom is -0.478 e. The standard InChI is InChI=1S/C23H28F3N6O3P/c1-36(2,35)20-15(21(33)34)6-5-14-16(10-28-19(14)20)18-17(23(24,25)26)11-29-22(31-18)30-13-4-3-8-32(12-13)9-7-27/h5-6,10-11,13,28H,3-4,7-9,12,27H2,1-2H3,(H,33,34)(H,29,30,31)/t13-/m0/s1. The van der Waals surface area contributed by atoms with Crippen molar-refractivity contribution in [2.24, 2.45) is 5.73 Å². The average Bonchev–Trinajstić information content (AvgIpc) is 3.21. The fraction of sp³-hybridized carbons (Fsp3) is 0.435. The maximum absolute atomic E-state index is 14.0. The van der Waals surface area contributed by atoms with Crippen LogP contribution in [0.1, 0.15) is 28.8 Å². The number of anilines is 1. The molecule has 1 fully saturated rings. The van der Waals surface area contributed by atoms with Crippen LogP contribution in [0.3, 0.4) is 0 Å². The van der Waals surface area contributed by atoms with Gasteiger partial charge in [-0.15, -0.1) is 0 Å². The number of carboxylic acid groups (broad SMARTS) is 1. The van der Waals surface area contributed by atoms with Gasteiger partial charge in [-0.3, -0.25) is 0 Å². The van der Waals surface area contributed by atoms with Crippen molar-refractivity contribution >= 4 is 35.3 Å². The number of carboxylic acids is 1. The van der Waals surface area contributed by atoms with Gasteiger partial charge in [0.05, 0.1) is 16.8 Å². The highest BCUT2D eigenvalue weighted by molar-refractivity contribution is 7.70. The van der Waals surface area contributed by atoms with Crippen molar-refractivity contribution in [2.45, 2.75) is 25.1 Å². The number of likely N-dealkylation sites (tertiary alicyclic amines) is 1. The van der Waals surface area contributed by atoms with Gasteiger partial charge < -0.3 is 30.6 Å². The third-order valence-corrected chi connectivity index (χ3v) is 7.77. The summed E-state index contributed by atoms with van der Waals surface area (Å²) in [4.78, 5) is 25.0. The number of nitrogens with one attached hydrogen (secondary N) is 2. The number of benzene rings is 1. The van der Waals surface area contributed by atoms with E-state index in [1.165, 1.54) is 31.7 Å². The molecule has 1 aromatic carbocycles. The molecule has 2 aromatic heterocycles. The number of hydrogen-bond acceptors (Lipinski definition) is 7. The first-order valence-electron chi connectivity index (χ1n) is 11.5. The van der Waals surface area contributed by atoms with Crippen LogP contribution in [0.4, 0.5) is 19.1 Å². The zero-order valence-electron chi connectivity index (χ0n) is 19.9. The van der Waals surface area contributed by atoms with E-state index in [9.17, 15) is 27.6 Å². The predicted molar refractivity (Wildman–Crippen MR) is 133 cm³/mol. The smallest absolute Gasteiger partial charge is 0.419 e. The summed E-state index contributed by atoms with van der Waals surface area (Å²) in [5.74, 6) is -1.21. The van der Waals surface area contributed by atoms with Gasteiger partial charge in [0, 0.05) is 54.3 Å². The zero-order chi connectivity index (χ0) is 26.3. The molecule has 1 aliphatic rings. The molecule has 36 heavy (non-hydrogen) atoms. The molecule has 1 aliphatic heterocycles. The number of piperidine rings is 1. The second kappa shape index (κ2) is 9.84. The molecular formula is C23H28F3N6O3P. The highest BCUT2D eigenvalue weighted by Gasteiger charge is 2.37. The van der Waals surface area contributed by atoms with Crippen LogP contribution in [-0.4, -0.2) is 76.5 Å². The number of nitrogens with zero attached hydrogens (tertiary/aromatic N) is 3. The Morgan fingerprint density at radius 3 is 2.75 bits per heavy atom. The molecule has 5 N–H and O–H groups in total. The van der Waals surface area contributed by atoms with Gasteiger partial charge in [0.1, 0.15) is 12.7 Å². The van der Waals surface area contributed by atoms with Gasteiger partial charge in [-0.25, -0.2) is 14.8 Å². The SMILES string of the molecule is CP(C)(=O)c1c(C(=O)O)ccc2c(-c3nc(N[C@H]4CCCN(CCN)C4)ncc3C(F)(F)F)c[nH]c12. The number of halogens is 3. The molecule has 194 valence electrons. The summed E-state index contributed by atoms with van der Waals surface area (Å²) in [5.41, 5.74) is 4.44. The molecule has 0 aliphatic carbocycles. The average molecular weight is 524 g/mol. The maximum Gasteiger partial charge on any atom is 0.419 e. The number of fused-ring (bicyclic) bond motifs is 1. The number of aromatic carboxylic acids is 1. The molecular weight excluding hydrogens is 496 g/mol. The van der Waals surface area contributed by atoms with Crippen molar-refractivity contribution in [2.75, 3.05) is 44.8 Å². The Kier molecular flexibility index (Phi) is 7.14. The van der Waals surface area contributed by atoms with Crippen LogP contribution in [0.5, 0.6) is 0 Å². The van der Waals surface area contributed by atoms with Crippen molar-refractivity contribution in [3.05, 3.63) is 35.7 Å². The summed E-state index contributed by atoms with van der Waals surface area (Å²) in [6, 6.07) is 2.62. The molecule has 0 spiro atoms. The maximum atomic E-state index is 14.0. The van der Waals surface area contributed by atoms with Gasteiger partial charge in [-0.05, 0) is 38.8 Å². The molecule has 1 saturated heterocycles. The second-order valence-electron chi connectivity index (χ2n) is 9.27. The fourth-order valence-corrected chi connectivity index (χ4v) is 6.19. The Labute approximate surface area is 205 Å². The van der Waals surface area contributed by atoms with E-state index < -0.39 is 24.9 Å². The molecule has 0 unspecified atom stereocenters. The van der Waals surface area contributed by atoms with Crippen molar-refractivity contribution in [1.29, 1.82) is 0 Å². The summed E-state index contributed by atoms with van der Waals surface area (Å²) in [6.45, 7) is 5.66. The van der Waals surface area contributed by atoms with Gasteiger partial charge in [0.15, 0.2) is 0 Å². The van der Waals surface area contributed by atoms with E-state index in [0.29, 0.717) is 18.5 Å². The topological polar surface area (TPSA) is 137 Å². The molecule has 3 aromatic rings. The molecule has 1 atom stereocenters. The molecule has 0 bridgehead atoms. The van der Waals surface area contributed by atoms with Crippen molar-refractivity contribution < 1.29 is 27.6 Å². The number of carbonyl (C=O) groups is 1. The zero-order valence-corrected chi connectivity index (χ0v) is 20.8. The summed E-state index contributed by atoms with van der Waals surface area (Å²) in [6.07, 6.45) is -0.913. The number of rotatable bonds is 7. The van der Waals surface area contributed by atoms with E-state index in [2.05, 4.69) is 25.2 Å². The number of aromatic amines is 1. The summed E-state index contributed by atoms with van der Waals surface area (Å²) < 4.78 is 54.8. The third-order valence-electron chi connectivity index (χ3n) is 6.23. The summed E-state index contributed by atoms with van der Waals surface area (Å²) in [7, 11) is -3.12. The lowest BCUT2D eigenvalue weighted by molar-refractivity contribution is -0.137. The Bertz CT molecular complexity index is 1330. The lowest BCUT2D eigenvalue weighted by atomic mass is 10.0. The predicted octanol–water partition coefficient (Wildman–Crippen LogP) is 3.42. The van der Waals surface area contributed by atoms with Gasteiger partial charge in [-0.1, -0.05) is 6.07 Å². The molecule has 13 heteroatoms. The number of hydrogen-bond donors (Lipinski definition) is 4. The Hall–Kier alpha value is -2.95. The van der Waals surface area contributed by atoms with Crippen LogP contribution in [0.2, 0.25) is 0 Å². The van der Waals surface area contributed by atoms with Crippen LogP contribution in [0.15, 0.2) is 24.5 Å². The van der Waals surface area contributed by atoms with Crippen LogP contribution in [0.25, 0.3) is 22.2 Å². The Morgan fingerprint density at radius 2 is 2.11 bits per heavy atom. The normalized spacial score (nSPS) is 17.4. The van der Waals surface area contributed by atoms with Crippen LogP contribution in [0, 0.1) is 0 Å². The van der Waals surface area contributed by atoms with E-state index in [0.717, 1.165) is 32.1 Å². The minimum absolute atomic E-state index is 0.0476. The lowest BCUT2D eigenvalue weighted by Gasteiger charge is -2.32. The molecule has 0 amide bonds. The van der Waals surface area contributed by atoms with E-state index in [-0.39, 0.29) is 39.6 Å². The van der Waals surface area contributed by atoms with Gasteiger partial charge in [0.25, 0.3) is 0 Å². The van der Waals surface area contributed by atoms with Gasteiger partial charge in [0.2, 0.25) is 5.95 Å². The lowest BCUT2D eigenvalue weighted by Crippen LogP contribution is -2.44. The molecule has 9 nitrogen and oxygen atoms in total. The van der Waals surface area contributed by atoms with E-state index in [1.54, 1.807) is 0 Å². The van der Waals surface area contributed by atoms with Crippen LogP contribution in [-0.2, 0) is 10.7 Å². The monoisotopic (exact) mass is 524 g/mol. The first kappa shape index (κ1) is 26.1. The highest BCUT2D eigenvalue weighted by Crippen LogP contribution is 2.43. The Morgan fingerprint density at radius 1 is 1.36 bits per heavy atom. The van der Waals surface area contributed by atoms with Gasteiger partial charge in [-0.2, -0.15) is 13.2 Å². The molecule has 4 rings (SSSR count). The van der Waals surface area contributed by atoms with Crippen molar-refractivity contribution in [3.63, 3.8) is 0 Å². The van der Waals surface area contributed by atoms with E-state index >= 15 is 0 Å². The molecule has 0 saturated carbocycles. The van der Waals surface area contributed by atoms with Crippen LogP contribution >= 0.6 is 7.14 Å². The first-order chi connectivity index (χ1) is 16.9. The van der Waals surface area contributed by atoms with E-state index in [4.69, 9.17) is 5.73 Å².